The van der Waals surface area contributed by atoms with Crippen LogP contribution in [-0.2, 0) is 48.0 Å². The first-order valence-electron chi connectivity index (χ1n) is 23.4. The maximum atomic E-state index is 14.6. The fourth-order valence-electron chi connectivity index (χ4n) is 9.31. The fourth-order valence-corrected chi connectivity index (χ4v) is 9.31. The molecule has 1 aliphatic heterocycles. The van der Waals surface area contributed by atoms with E-state index in [9.17, 15) is 28.8 Å². The summed E-state index contributed by atoms with van der Waals surface area (Å²) < 4.78 is 0. The van der Waals surface area contributed by atoms with Crippen LogP contribution in [0.3, 0.4) is 0 Å². The molecule has 1 aliphatic carbocycles. The van der Waals surface area contributed by atoms with Gasteiger partial charge in [-0.1, -0.05) is 118 Å². The van der Waals surface area contributed by atoms with Crippen molar-refractivity contribution in [2.45, 2.75) is 127 Å². The summed E-state index contributed by atoms with van der Waals surface area (Å²) in [6.45, 7) is 3.09. The Morgan fingerprint density at radius 3 is 1.94 bits per heavy atom. The molecule has 0 radical (unpaired) electrons. The molecule has 348 valence electrons. The SMILES string of the molecule is CCN[C@@H](Cc1ccccc1)C(=O)N[C@@H](CCCN)C(=O)N1CCC[C@H]1C(=O)N[C@@H](CC1CCCCC1)C(=O)N[C@@H](Cc1c[nH]c2ccccc12)C(=O)N[C@@H](Cc1ccccc1)C(N)=O. The third kappa shape index (κ3) is 13.7. The molecule has 0 spiro atoms. The highest BCUT2D eigenvalue weighted by Crippen LogP contribution is 2.28. The number of nitrogens with one attached hydrogen (secondary N) is 6. The van der Waals surface area contributed by atoms with Crippen LogP contribution < -0.4 is 38.1 Å². The molecule has 65 heavy (non-hydrogen) atoms. The topological polar surface area (TPSA) is 234 Å². The van der Waals surface area contributed by atoms with E-state index in [2.05, 4.69) is 31.6 Å². The van der Waals surface area contributed by atoms with Crippen molar-refractivity contribution in [3.63, 3.8) is 0 Å². The van der Waals surface area contributed by atoms with Crippen LogP contribution in [-0.4, -0.2) is 101 Å². The Morgan fingerprint density at radius 1 is 0.677 bits per heavy atom. The minimum atomic E-state index is -1.14. The van der Waals surface area contributed by atoms with E-state index in [0.717, 1.165) is 59.7 Å². The molecule has 6 rings (SSSR count). The van der Waals surface area contributed by atoms with Crippen LogP contribution in [0.15, 0.2) is 91.1 Å². The van der Waals surface area contributed by atoms with Crippen LogP contribution in [0.25, 0.3) is 10.9 Å². The van der Waals surface area contributed by atoms with Gasteiger partial charge < -0.3 is 47.9 Å². The zero-order valence-electron chi connectivity index (χ0n) is 37.6. The molecule has 4 aromatic rings. The molecule has 0 bridgehead atoms. The third-order valence-electron chi connectivity index (χ3n) is 12.8. The van der Waals surface area contributed by atoms with Crippen LogP contribution >= 0.6 is 0 Å². The molecular formula is C50H67N9O6. The second kappa shape index (κ2) is 24.3. The first-order valence-corrected chi connectivity index (χ1v) is 23.4. The molecule has 2 aliphatic rings. The van der Waals surface area contributed by atoms with Gasteiger partial charge in [0.25, 0.3) is 0 Å². The number of aromatic nitrogens is 1. The van der Waals surface area contributed by atoms with Gasteiger partial charge in [0.15, 0.2) is 0 Å². The van der Waals surface area contributed by atoms with Crippen LogP contribution in [0.4, 0.5) is 0 Å². The van der Waals surface area contributed by atoms with E-state index < -0.39 is 59.9 Å². The molecule has 3 aromatic carbocycles. The van der Waals surface area contributed by atoms with Gasteiger partial charge in [-0.15, -0.1) is 0 Å². The molecule has 1 aromatic heterocycles. The van der Waals surface area contributed by atoms with E-state index in [1.165, 1.54) is 4.90 Å². The van der Waals surface area contributed by atoms with Gasteiger partial charge in [0.2, 0.25) is 35.4 Å². The summed E-state index contributed by atoms with van der Waals surface area (Å²) in [5.74, 6) is -2.86. The lowest BCUT2D eigenvalue weighted by Gasteiger charge is -2.32. The fraction of sp³-hybridized carbons (Fsp3) is 0.480. The molecule has 1 saturated carbocycles. The first kappa shape index (κ1) is 48.4. The number of likely N-dealkylation sites (tertiary alicyclic amines) is 1. The second-order valence-corrected chi connectivity index (χ2v) is 17.6. The predicted octanol–water partition coefficient (Wildman–Crippen LogP) is 3.30. The van der Waals surface area contributed by atoms with E-state index in [1.54, 1.807) is 6.20 Å². The summed E-state index contributed by atoms with van der Waals surface area (Å²) in [7, 11) is 0. The summed E-state index contributed by atoms with van der Waals surface area (Å²) in [4.78, 5) is 89.0. The normalized spacial score (nSPS) is 17.6. The number of fused-ring (bicyclic) bond motifs is 1. The number of para-hydroxylation sites is 1. The van der Waals surface area contributed by atoms with Crippen LogP contribution in [0, 0.1) is 5.92 Å². The number of nitrogens with two attached hydrogens (primary N) is 2. The maximum absolute atomic E-state index is 14.6. The Labute approximate surface area is 382 Å². The summed E-state index contributed by atoms with van der Waals surface area (Å²) in [6, 6.07) is 20.9. The Balaban J connectivity index is 1.21. The number of nitrogens with zero attached hydrogens (tertiary/aromatic N) is 1. The Kier molecular flexibility index (Phi) is 18.1. The Morgan fingerprint density at radius 2 is 1.28 bits per heavy atom. The van der Waals surface area contributed by atoms with Crippen LogP contribution in [0.1, 0.15) is 87.8 Å². The number of aromatic amines is 1. The third-order valence-corrected chi connectivity index (χ3v) is 12.8. The average Bonchev–Trinajstić information content (AvgIpc) is 3.98. The van der Waals surface area contributed by atoms with Crippen molar-refractivity contribution >= 4 is 46.3 Å². The van der Waals surface area contributed by atoms with Gasteiger partial charge in [-0.25, -0.2) is 0 Å². The lowest BCUT2D eigenvalue weighted by Crippen LogP contribution is -2.60. The molecule has 1 saturated heterocycles. The Hall–Kier alpha value is -6.06. The highest BCUT2D eigenvalue weighted by Gasteiger charge is 2.40. The lowest BCUT2D eigenvalue weighted by molar-refractivity contribution is -0.142. The van der Waals surface area contributed by atoms with Crippen molar-refractivity contribution in [1.82, 2.24) is 36.5 Å². The van der Waals surface area contributed by atoms with Crippen LogP contribution in [0.2, 0.25) is 0 Å². The second-order valence-electron chi connectivity index (χ2n) is 17.6. The molecule has 10 N–H and O–H groups in total. The van der Waals surface area contributed by atoms with E-state index in [1.807, 2.05) is 91.9 Å². The van der Waals surface area contributed by atoms with Crippen molar-refractivity contribution in [3.8, 4) is 0 Å². The molecule has 0 unspecified atom stereocenters. The molecule has 2 heterocycles. The summed E-state index contributed by atoms with van der Waals surface area (Å²) >= 11 is 0. The predicted molar refractivity (Wildman–Crippen MR) is 251 cm³/mol. The zero-order valence-corrected chi connectivity index (χ0v) is 37.6. The van der Waals surface area contributed by atoms with E-state index in [4.69, 9.17) is 11.5 Å². The van der Waals surface area contributed by atoms with Crippen LogP contribution in [0.5, 0.6) is 0 Å². The molecule has 15 heteroatoms. The van der Waals surface area contributed by atoms with Crippen molar-refractivity contribution < 1.29 is 28.8 Å². The summed E-state index contributed by atoms with van der Waals surface area (Å²) in [6.07, 6.45) is 9.45. The highest BCUT2D eigenvalue weighted by molar-refractivity contribution is 5.97. The number of carbonyl (C=O) groups is 6. The maximum Gasteiger partial charge on any atom is 0.245 e. The highest BCUT2D eigenvalue weighted by atomic mass is 16.2. The number of hydrogen-bond donors (Lipinski definition) is 8. The van der Waals surface area contributed by atoms with Gasteiger partial charge in [-0.3, -0.25) is 28.8 Å². The average molecular weight is 890 g/mol. The van der Waals surface area contributed by atoms with Crippen molar-refractivity contribution in [3.05, 3.63) is 108 Å². The van der Waals surface area contributed by atoms with Crippen molar-refractivity contribution in [2.24, 2.45) is 17.4 Å². The van der Waals surface area contributed by atoms with Gasteiger partial charge >= 0.3 is 0 Å². The minimum Gasteiger partial charge on any atom is -0.368 e. The quantitative estimate of drug-likeness (QED) is 0.0549. The summed E-state index contributed by atoms with van der Waals surface area (Å²) in [5, 5.41) is 15.9. The number of carbonyl (C=O) groups excluding carboxylic acids is 6. The Bertz CT molecular complexity index is 2190. The number of H-pyrrole nitrogens is 1. The number of likely N-dealkylation sites (N-methyl/N-ethyl adjacent to an activating group) is 1. The molecule has 6 amide bonds. The molecule has 15 nitrogen and oxygen atoms in total. The molecular weight excluding hydrogens is 823 g/mol. The summed E-state index contributed by atoms with van der Waals surface area (Å²) in [5.41, 5.74) is 15.1. The van der Waals surface area contributed by atoms with Gasteiger partial charge in [-0.2, -0.15) is 0 Å². The first-order chi connectivity index (χ1) is 31.5. The number of rotatable bonds is 23. The van der Waals surface area contributed by atoms with Gasteiger partial charge in [0.05, 0.1) is 6.04 Å². The number of benzene rings is 3. The number of amides is 6. The number of primary amides is 1. The molecule has 2 fully saturated rings. The monoisotopic (exact) mass is 890 g/mol. The zero-order chi connectivity index (χ0) is 46.1. The van der Waals surface area contributed by atoms with E-state index >= 15 is 0 Å². The smallest absolute Gasteiger partial charge is 0.245 e. The molecule has 6 atom stereocenters. The van der Waals surface area contributed by atoms with Crippen molar-refractivity contribution in [1.29, 1.82) is 0 Å². The minimum absolute atomic E-state index is 0.0866. The largest absolute Gasteiger partial charge is 0.368 e. The standard InChI is InChI=1S/C50H67N9O6/c1-2-53-41(29-34-18-8-4-9-19-34)46(61)55-39(24-14-26-51)50(65)59-27-15-25-44(59)49(64)58-42(30-35-20-10-5-11-21-35)47(62)57-43(31-36-32-54-38-23-13-12-22-37(36)38)48(63)56-40(45(52)60)28-33-16-6-3-7-17-33/h3-4,6-9,12-13,16-19,22-23,32,35,39-44,53-54H,2,5,10-11,14-15,20-21,24-31,51H2,1H3,(H2,52,60)(H,55,61)(H,56,63)(H,57,62)(H,58,64)/t39-,40-,41-,42-,43-,44-/m0/s1. The number of hydrogen-bond acceptors (Lipinski definition) is 8. The van der Waals surface area contributed by atoms with Gasteiger partial charge in [-0.05, 0) is 80.3 Å². The van der Waals surface area contributed by atoms with E-state index in [0.29, 0.717) is 58.2 Å². The van der Waals surface area contributed by atoms with E-state index in [-0.39, 0.29) is 30.6 Å². The van der Waals surface area contributed by atoms with Crippen molar-refractivity contribution in [2.75, 3.05) is 19.6 Å². The lowest BCUT2D eigenvalue weighted by atomic mass is 9.84. The van der Waals surface area contributed by atoms with Gasteiger partial charge in [0, 0.05) is 36.5 Å². The van der Waals surface area contributed by atoms with Gasteiger partial charge in [0.1, 0.15) is 30.2 Å².